The number of aromatic hydroxyl groups is 2. The summed E-state index contributed by atoms with van der Waals surface area (Å²) in [5.41, 5.74) is 2.40. The minimum absolute atomic E-state index is 0.0226. The Bertz CT molecular complexity index is 1360. The van der Waals surface area contributed by atoms with Crippen molar-refractivity contribution in [3.8, 4) is 17.2 Å². The molecule has 2 aliphatic heterocycles. The van der Waals surface area contributed by atoms with Gasteiger partial charge in [-0.3, -0.25) is 0 Å². The number of nitrogens with zero attached hydrogens (tertiary/aromatic N) is 1. The van der Waals surface area contributed by atoms with Crippen LogP contribution in [-0.2, 0) is 0 Å². The molecule has 0 saturated carbocycles. The summed E-state index contributed by atoms with van der Waals surface area (Å²) in [6, 6.07) is 18.6. The number of likely N-dealkylation sites (tertiary alicyclic amines) is 1. The summed E-state index contributed by atoms with van der Waals surface area (Å²) in [6.07, 6.45) is -0.561. The van der Waals surface area contributed by atoms with Crippen molar-refractivity contribution in [2.45, 2.75) is 36.4 Å². The minimum atomic E-state index is -2.47. The highest BCUT2D eigenvalue weighted by atomic mass is 32.2. The normalized spacial score (nSPS) is 22.0. The Kier molecular flexibility index (Phi) is 4.40. The lowest BCUT2D eigenvalue weighted by Crippen LogP contribution is -2.48. The molecule has 3 aromatic carbocycles. The summed E-state index contributed by atoms with van der Waals surface area (Å²) < 4.78 is 53.6. The minimum Gasteiger partial charge on any atom is -0.508 e. The number of thioether (sulfide) groups is 1. The molecule has 0 spiro atoms. The molecule has 1 unspecified atom stereocenters. The fourth-order valence-corrected chi connectivity index (χ4v) is 5.55. The molecule has 2 aliphatic rings. The van der Waals surface area contributed by atoms with Crippen LogP contribution in [0.1, 0.15) is 51.1 Å². The predicted molar refractivity (Wildman–Crippen MR) is 135 cm³/mol. The van der Waals surface area contributed by atoms with Crippen molar-refractivity contribution in [1.29, 1.82) is 0 Å². The Morgan fingerprint density at radius 1 is 1.00 bits per heavy atom. The summed E-state index contributed by atoms with van der Waals surface area (Å²) >= 11 is 1.73. The molecule has 5 heteroatoms. The molecule has 1 saturated heterocycles. The maximum atomic E-state index is 10.1. The number of benzene rings is 3. The Morgan fingerprint density at radius 3 is 2.48 bits per heavy atom. The number of phenolic OH excluding ortho intramolecular Hbond substituents is 2. The van der Waals surface area contributed by atoms with Crippen LogP contribution in [0.2, 0.25) is 0 Å². The van der Waals surface area contributed by atoms with Gasteiger partial charge in [0.2, 0.25) is 0 Å². The van der Waals surface area contributed by atoms with Crippen LogP contribution in [0.15, 0.2) is 71.6 Å². The fourth-order valence-electron chi connectivity index (χ4n) is 4.30. The first-order valence-electron chi connectivity index (χ1n) is 13.9. The zero-order valence-electron chi connectivity index (χ0n) is 24.0. The third-order valence-corrected chi connectivity index (χ3v) is 7.20. The van der Waals surface area contributed by atoms with Gasteiger partial charge in [0.15, 0.2) is 0 Å². The van der Waals surface area contributed by atoms with E-state index < -0.39 is 19.8 Å². The van der Waals surface area contributed by atoms with E-state index in [1.807, 2.05) is 24.3 Å². The zero-order valence-corrected chi connectivity index (χ0v) is 18.8. The van der Waals surface area contributed by atoms with Gasteiger partial charge in [-0.1, -0.05) is 31.1 Å². The Balaban J connectivity index is 1.43. The molecule has 5 rings (SSSR count). The first kappa shape index (κ1) is 15.9. The monoisotopic (exact) mass is 465 g/mol. The molecule has 0 radical (unpaired) electrons. The highest BCUT2D eigenvalue weighted by Crippen LogP contribution is 2.47. The number of phenols is 2. The second kappa shape index (κ2) is 9.16. The molecular weight excluding hydrogens is 430 g/mol. The van der Waals surface area contributed by atoms with Crippen molar-refractivity contribution in [1.82, 2.24) is 4.90 Å². The third-order valence-electron chi connectivity index (χ3n) is 6.03. The van der Waals surface area contributed by atoms with Gasteiger partial charge in [0.25, 0.3) is 0 Å². The number of hydrogen-bond donors (Lipinski definition) is 2. The Hall–Kier alpha value is -2.89. The van der Waals surface area contributed by atoms with E-state index in [-0.39, 0.29) is 23.5 Å². The first-order valence-corrected chi connectivity index (χ1v) is 11.8. The molecule has 4 nitrogen and oxygen atoms in total. The van der Waals surface area contributed by atoms with Gasteiger partial charge in [-0.25, -0.2) is 0 Å². The van der Waals surface area contributed by atoms with E-state index >= 15 is 0 Å². The predicted octanol–water partition coefficient (Wildman–Crippen LogP) is 6.35. The van der Waals surface area contributed by atoms with Crippen molar-refractivity contribution in [3.05, 3.63) is 83.4 Å². The summed E-state index contributed by atoms with van der Waals surface area (Å²) in [6.45, 7) is -2.12. The molecule has 2 N–H and O–H groups in total. The smallest absolute Gasteiger partial charge is 0.150 e. The van der Waals surface area contributed by atoms with Crippen LogP contribution in [0.25, 0.3) is 11.1 Å². The first-order chi connectivity index (χ1) is 18.4. The quantitative estimate of drug-likeness (QED) is 0.444. The van der Waals surface area contributed by atoms with Crippen molar-refractivity contribution >= 4 is 22.9 Å². The summed E-state index contributed by atoms with van der Waals surface area (Å²) in [7, 11) is 0. The Morgan fingerprint density at radius 2 is 1.76 bits per heavy atom. The average Bonchev–Trinajstić information content (AvgIpc) is 2.84. The van der Waals surface area contributed by atoms with Crippen LogP contribution >= 0.6 is 11.8 Å². The second-order valence-corrected chi connectivity index (χ2v) is 9.71. The van der Waals surface area contributed by atoms with Crippen molar-refractivity contribution in [2.75, 3.05) is 19.6 Å². The molecule has 1 fully saturated rings. The van der Waals surface area contributed by atoms with Crippen LogP contribution in [0.5, 0.6) is 17.2 Å². The standard InChI is InChI=1S/C28H29NO3S/c1-3-14-29-16-24(17-29)33-23-11-6-20(7-12-23)28-27(19-4-8-21(30)9-5-19)18(2)25-13-10-22(31)15-26(25)32-28/h4-13,15,24,28,30-31H,3,14,16-17H2,1-2H3/i1D3,2D3. The van der Waals surface area contributed by atoms with E-state index in [0.29, 0.717) is 34.2 Å². The lowest BCUT2D eigenvalue weighted by atomic mass is 9.86. The van der Waals surface area contributed by atoms with E-state index in [2.05, 4.69) is 4.90 Å². The molecule has 33 heavy (non-hydrogen) atoms. The van der Waals surface area contributed by atoms with Crippen LogP contribution in [0.3, 0.4) is 0 Å². The molecular formula is C28H29NO3S. The fraction of sp³-hybridized carbons (Fsp3) is 0.286. The van der Waals surface area contributed by atoms with Gasteiger partial charge in [0.05, 0.1) is 0 Å². The summed E-state index contributed by atoms with van der Waals surface area (Å²) in [5, 5.41) is 20.3. The SMILES string of the molecule is [2H]C([2H])([2H])CCN1CC(Sc2ccc(C3Oc4cc(O)ccc4C(C([2H])([2H])[2H])=C3c3ccc(O)cc3)cc2)C1. The van der Waals surface area contributed by atoms with Gasteiger partial charge in [0, 0.05) is 48.7 Å². The lowest BCUT2D eigenvalue weighted by Gasteiger charge is -2.38. The second-order valence-electron chi connectivity index (χ2n) is 8.33. The van der Waals surface area contributed by atoms with Gasteiger partial charge in [-0.15, -0.1) is 11.8 Å². The summed E-state index contributed by atoms with van der Waals surface area (Å²) in [4.78, 5) is 3.20. The third kappa shape index (κ3) is 4.48. The van der Waals surface area contributed by atoms with E-state index in [1.165, 1.54) is 24.3 Å². The van der Waals surface area contributed by atoms with Gasteiger partial charge in [-0.05, 0) is 72.9 Å². The zero-order chi connectivity index (χ0) is 27.9. The number of fused-ring (bicyclic) bond motifs is 1. The number of allylic oxidation sites excluding steroid dienone is 1. The maximum Gasteiger partial charge on any atom is 0.150 e. The largest absolute Gasteiger partial charge is 0.508 e. The van der Waals surface area contributed by atoms with Crippen molar-refractivity contribution < 1.29 is 23.2 Å². The molecule has 0 bridgehead atoms. The molecule has 1 atom stereocenters. The number of hydrogen-bond acceptors (Lipinski definition) is 5. The number of rotatable bonds is 6. The van der Waals surface area contributed by atoms with Gasteiger partial charge in [0.1, 0.15) is 23.4 Å². The van der Waals surface area contributed by atoms with Crippen molar-refractivity contribution in [2.24, 2.45) is 0 Å². The van der Waals surface area contributed by atoms with E-state index in [0.717, 1.165) is 23.5 Å². The van der Waals surface area contributed by atoms with Gasteiger partial charge >= 0.3 is 0 Å². The topological polar surface area (TPSA) is 52.9 Å². The molecule has 3 aromatic rings. The van der Waals surface area contributed by atoms with Crippen LogP contribution in [0.4, 0.5) is 0 Å². The van der Waals surface area contributed by atoms with Crippen LogP contribution < -0.4 is 4.74 Å². The Labute approximate surface area is 208 Å². The van der Waals surface area contributed by atoms with Crippen molar-refractivity contribution in [3.63, 3.8) is 0 Å². The molecule has 2 heterocycles. The van der Waals surface area contributed by atoms with Crippen LogP contribution in [-0.4, -0.2) is 40.0 Å². The molecule has 0 aromatic heterocycles. The lowest BCUT2D eigenvalue weighted by molar-refractivity contribution is 0.191. The number of ether oxygens (including phenoxy) is 1. The van der Waals surface area contributed by atoms with E-state index in [1.54, 1.807) is 30.0 Å². The highest BCUT2D eigenvalue weighted by Gasteiger charge is 2.30. The van der Waals surface area contributed by atoms with Crippen LogP contribution in [0, 0.1) is 0 Å². The molecule has 170 valence electrons. The summed E-state index contributed by atoms with van der Waals surface area (Å²) in [5.74, 6) is 0.340. The van der Waals surface area contributed by atoms with Gasteiger partial charge < -0.3 is 19.8 Å². The van der Waals surface area contributed by atoms with E-state index in [4.69, 9.17) is 13.0 Å². The maximum absolute atomic E-state index is 10.1. The van der Waals surface area contributed by atoms with Gasteiger partial charge in [-0.2, -0.15) is 0 Å². The molecule has 0 aliphatic carbocycles. The van der Waals surface area contributed by atoms with E-state index in [9.17, 15) is 10.2 Å². The highest BCUT2D eigenvalue weighted by molar-refractivity contribution is 8.00. The molecule has 0 amide bonds. The average molecular weight is 466 g/mol.